The number of oxime groups is 1. The highest BCUT2D eigenvalue weighted by atomic mass is 28.4. The van der Waals surface area contributed by atoms with Crippen molar-refractivity contribution in [1.82, 2.24) is 0 Å². The summed E-state index contributed by atoms with van der Waals surface area (Å²) in [5, 5.41) is 4.37. The van der Waals surface area contributed by atoms with Crippen molar-refractivity contribution in [3.8, 4) is 0 Å². The van der Waals surface area contributed by atoms with Gasteiger partial charge in [0.2, 0.25) is 0 Å². The minimum Gasteiger partial charge on any atom is -0.415 e. The zero-order valence-electron chi connectivity index (χ0n) is 20.1. The molecule has 0 aliphatic heterocycles. The van der Waals surface area contributed by atoms with Crippen molar-refractivity contribution in [3.05, 3.63) is 0 Å². The summed E-state index contributed by atoms with van der Waals surface area (Å²) in [6, 6.07) is 0. The molecule has 4 aliphatic rings. The molecular weight excluding hydrogens is 374 g/mol. The molecule has 4 saturated carbocycles. The second-order valence-electron chi connectivity index (χ2n) is 12.4. The van der Waals surface area contributed by atoms with E-state index in [2.05, 4.69) is 45.6 Å². The number of rotatable bonds is 4. The topological polar surface area (TPSA) is 30.8 Å². The van der Waals surface area contributed by atoms with E-state index < -0.39 is 8.32 Å². The van der Waals surface area contributed by atoms with Crippen LogP contribution in [0.15, 0.2) is 5.16 Å². The Labute approximate surface area is 180 Å². The van der Waals surface area contributed by atoms with Gasteiger partial charge in [-0.1, -0.05) is 19.0 Å². The van der Waals surface area contributed by atoms with Crippen LogP contribution in [0.3, 0.4) is 0 Å². The molecule has 0 aromatic carbocycles. The highest BCUT2D eigenvalue weighted by Gasteiger charge is 2.60. The maximum atomic E-state index is 6.57. The number of hydrogen-bond donors (Lipinski definition) is 0. The van der Waals surface area contributed by atoms with Crippen LogP contribution in [0.5, 0.6) is 0 Å². The molecule has 0 amide bonds. The van der Waals surface area contributed by atoms with E-state index in [1.807, 2.05) is 0 Å². The van der Waals surface area contributed by atoms with Crippen LogP contribution in [-0.4, -0.2) is 27.2 Å². The molecule has 0 radical (unpaired) electrons. The molecule has 0 heterocycles. The van der Waals surface area contributed by atoms with E-state index in [1.54, 1.807) is 7.11 Å². The van der Waals surface area contributed by atoms with Crippen LogP contribution in [0, 0.1) is 40.4 Å². The lowest BCUT2D eigenvalue weighted by molar-refractivity contribution is -0.121. The van der Waals surface area contributed by atoms with Crippen LogP contribution in [0.1, 0.15) is 78.6 Å². The van der Waals surface area contributed by atoms with Crippen molar-refractivity contribution in [2.75, 3.05) is 7.11 Å². The SMILES string of the molecule is CON=C(C)C1CCC2C3CC[C@@H]4C[C@@H](O[Si](C)(C)C)CCC4(C)C3CCC12C. The minimum absolute atomic E-state index is 0.439. The van der Waals surface area contributed by atoms with E-state index in [1.165, 1.54) is 63.5 Å². The van der Waals surface area contributed by atoms with Gasteiger partial charge in [0.1, 0.15) is 7.11 Å². The minimum atomic E-state index is -1.43. The second kappa shape index (κ2) is 7.65. The molecule has 4 heteroatoms. The molecule has 6 unspecified atom stereocenters. The van der Waals surface area contributed by atoms with Crippen molar-refractivity contribution in [3.63, 3.8) is 0 Å². The molecule has 0 bridgehead atoms. The average molecular weight is 420 g/mol. The Kier molecular flexibility index (Phi) is 5.77. The highest BCUT2D eigenvalue weighted by Crippen LogP contribution is 2.67. The van der Waals surface area contributed by atoms with E-state index in [9.17, 15) is 0 Å². The van der Waals surface area contributed by atoms with Gasteiger partial charge in [-0.2, -0.15) is 0 Å². The monoisotopic (exact) mass is 419 g/mol. The van der Waals surface area contributed by atoms with Crippen LogP contribution in [-0.2, 0) is 9.26 Å². The van der Waals surface area contributed by atoms with Gasteiger partial charge in [0.15, 0.2) is 8.32 Å². The molecule has 4 fully saturated rings. The summed E-state index contributed by atoms with van der Waals surface area (Å²) >= 11 is 0. The summed E-state index contributed by atoms with van der Waals surface area (Å²) in [7, 11) is 0.259. The third kappa shape index (κ3) is 3.75. The fraction of sp³-hybridized carbons (Fsp3) is 0.960. The van der Waals surface area contributed by atoms with Crippen LogP contribution in [0.25, 0.3) is 0 Å². The van der Waals surface area contributed by atoms with Gasteiger partial charge in [-0.25, -0.2) is 0 Å². The third-order valence-electron chi connectivity index (χ3n) is 9.88. The van der Waals surface area contributed by atoms with Crippen molar-refractivity contribution in [1.29, 1.82) is 0 Å². The zero-order chi connectivity index (χ0) is 21.0. The van der Waals surface area contributed by atoms with Crippen molar-refractivity contribution in [2.45, 2.75) is 104 Å². The van der Waals surface area contributed by atoms with Gasteiger partial charge in [0.05, 0.1) is 5.71 Å². The molecule has 4 rings (SSSR count). The molecule has 0 spiro atoms. The smallest absolute Gasteiger partial charge is 0.184 e. The Balaban J connectivity index is 1.51. The van der Waals surface area contributed by atoms with E-state index in [-0.39, 0.29) is 0 Å². The fourth-order valence-electron chi connectivity index (χ4n) is 8.72. The van der Waals surface area contributed by atoms with Crippen LogP contribution in [0.4, 0.5) is 0 Å². The molecule has 4 aliphatic carbocycles. The van der Waals surface area contributed by atoms with Gasteiger partial charge in [0.25, 0.3) is 0 Å². The van der Waals surface area contributed by atoms with E-state index in [0.29, 0.717) is 22.9 Å². The van der Waals surface area contributed by atoms with E-state index >= 15 is 0 Å². The predicted octanol–water partition coefficient (Wildman–Crippen LogP) is 6.89. The first-order valence-corrected chi connectivity index (χ1v) is 15.7. The van der Waals surface area contributed by atoms with Crippen molar-refractivity contribution < 1.29 is 9.26 Å². The van der Waals surface area contributed by atoms with Crippen LogP contribution >= 0.6 is 0 Å². The Morgan fingerprint density at radius 1 is 0.897 bits per heavy atom. The number of fused-ring (bicyclic) bond motifs is 5. The van der Waals surface area contributed by atoms with E-state index in [4.69, 9.17) is 9.26 Å². The zero-order valence-corrected chi connectivity index (χ0v) is 21.1. The Morgan fingerprint density at radius 2 is 1.59 bits per heavy atom. The lowest BCUT2D eigenvalue weighted by Gasteiger charge is -2.61. The van der Waals surface area contributed by atoms with E-state index in [0.717, 1.165) is 23.7 Å². The summed E-state index contributed by atoms with van der Waals surface area (Å²) in [6.45, 7) is 14.5. The molecule has 8 atom stereocenters. The lowest BCUT2D eigenvalue weighted by Crippen LogP contribution is -2.54. The van der Waals surface area contributed by atoms with Crippen molar-refractivity contribution >= 4 is 14.0 Å². The Hall–Kier alpha value is -0.353. The highest BCUT2D eigenvalue weighted by molar-refractivity contribution is 6.69. The molecule has 3 nitrogen and oxygen atoms in total. The van der Waals surface area contributed by atoms with Gasteiger partial charge in [-0.05, 0) is 119 Å². The molecule has 166 valence electrons. The molecule has 29 heavy (non-hydrogen) atoms. The fourth-order valence-corrected chi connectivity index (χ4v) is 9.93. The first kappa shape index (κ1) is 21.9. The standard InChI is InChI=1S/C25H45NO2Si/c1-17(26-27-4)21-10-11-22-20-9-8-18-16-19(28-29(5,6)7)12-14-24(18,2)23(20)13-15-25(21,22)3/h18-23H,8-16H2,1-7H3/t18-,19+,20?,21?,22?,23?,24?,25?/m1/s1. The van der Waals surface area contributed by atoms with Gasteiger partial charge < -0.3 is 9.26 Å². The molecule has 0 saturated heterocycles. The van der Waals surface area contributed by atoms with Crippen LogP contribution in [0.2, 0.25) is 19.6 Å². The largest absolute Gasteiger partial charge is 0.415 e. The van der Waals surface area contributed by atoms with Crippen molar-refractivity contribution in [2.24, 2.45) is 45.6 Å². The lowest BCUT2D eigenvalue weighted by atomic mass is 9.44. The Bertz CT molecular complexity index is 643. The summed E-state index contributed by atoms with van der Waals surface area (Å²) in [5.74, 6) is 4.27. The van der Waals surface area contributed by atoms with Crippen LogP contribution < -0.4 is 0 Å². The predicted molar refractivity (Wildman–Crippen MR) is 124 cm³/mol. The molecular formula is C25H45NO2Si. The Morgan fingerprint density at radius 3 is 2.28 bits per heavy atom. The van der Waals surface area contributed by atoms with Gasteiger partial charge in [0, 0.05) is 12.0 Å². The average Bonchev–Trinajstić information content (AvgIpc) is 2.98. The number of hydrogen-bond acceptors (Lipinski definition) is 3. The third-order valence-corrected chi connectivity index (χ3v) is 10.9. The quantitative estimate of drug-likeness (QED) is 0.282. The summed E-state index contributed by atoms with van der Waals surface area (Å²) in [6.07, 6.45) is 13.0. The summed E-state index contributed by atoms with van der Waals surface area (Å²) in [5.41, 5.74) is 2.23. The first-order valence-electron chi connectivity index (χ1n) is 12.3. The first-order chi connectivity index (χ1) is 13.6. The molecule has 0 aromatic rings. The maximum Gasteiger partial charge on any atom is 0.184 e. The summed E-state index contributed by atoms with van der Waals surface area (Å²) < 4.78 is 6.57. The molecule has 0 aromatic heterocycles. The summed E-state index contributed by atoms with van der Waals surface area (Å²) in [4.78, 5) is 5.16. The maximum absolute atomic E-state index is 6.57. The van der Waals surface area contributed by atoms with Gasteiger partial charge in [-0.3, -0.25) is 0 Å². The molecule has 0 N–H and O–H groups in total. The number of nitrogens with zero attached hydrogens (tertiary/aromatic N) is 1. The second-order valence-corrected chi connectivity index (χ2v) is 16.8. The van der Waals surface area contributed by atoms with Gasteiger partial charge in [-0.15, -0.1) is 0 Å². The normalized spacial score (nSPS) is 47.9. The van der Waals surface area contributed by atoms with Gasteiger partial charge >= 0.3 is 0 Å².